The van der Waals surface area contributed by atoms with Crippen molar-refractivity contribution in [1.29, 1.82) is 0 Å². The maximum Gasteiger partial charge on any atom is 0.168 e. The van der Waals surface area contributed by atoms with E-state index >= 15 is 0 Å². The molecule has 0 spiro atoms. The second-order valence-electron chi connectivity index (χ2n) is 6.35. The van der Waals surface area contributed by atoms with Gasteiger partial charge < -0.3 is 4.74 Å². The quantitative estimate of drug-likeness (QED) is 0.529. The van der Waals surface area contributed by atoms with Gasteiger partial charge in [0.2, 0.25) is 0 Å². The van der Waals surface area contributed by atoms with Crippen molar-refractivity contribution in [3.63, 3.8) is 0 Å². The number of aryl methyl sites for hydroxylation is 2. The largest absolute Gasteiger partial charge is 0.496 e. The van der Waals surface area contributed by atoms with Crippen LogP contribution in [0.2, 0.25) is 0 Å². The summed E-state index contributed by atoms with van der Waals surface area (Å²) in [5.41, 5.74) is 4.47. The SMILES string of the molecule is COc1cc(F)cc(F)c1CCc1ccc(-c2cncnc2C)c2nncn12. The summed E-state index contributed by atoms with van der Waals surface area (Å²) >= 11 is 0. The van der Waals surface area contributed by atoms with Crippen molar-refractivity contribution >= 4 is 5.65 Å². The van der Waals surface area contributed by atoms with Gasteiger partial charge in [-0.05, 0) is 31.9 Å². The van der Waals surface area contributed by atoms with Gasteiger partial charge in [0.1, 0.15) is 30.0 Å². The van der Waals surface area contributed by atoms with E-state index in [1.54, 1.807) is 12.5 Å². The summed E-state index contributed by atoms with van der Waals surface area (Å²) in [6, 6.07) is 5.93. The number of benzene rings is 1. The maximum absolute atomic E-state index is 14.2. The first-order valence-corrected chi connectivity index (χ1v) is 8.69. The zero-order chi connectivity index (χ0) is 19.7. The van der Waals surface area contributed by atoms with Gasteiger partial charge in [-0.25, -0.2) is 18.7 Å². The number of rotatable bonds is 5. The Morgan fingerprint density at radius 2 is 1.96 bits per heavy atom. The molecule has 0 saturated heterocycles. The Morgan fingerprint density at radius 3 is 2.75 bits per heavy atom. The monoisotopic (exact) mass is 381 g/mol. The lowest BCUT2D eigenvalue weighted by molar-refractivity contribution is 0.399. The Bertz CT molecular complexity index is 1160. The number of aromatic nitrogens is 5. The van der Waals surface area contributed by atoms with E-state index in [4.69, 9.17) is 4.74 Å². The molecule has 0 radical (unpaired) electrons. The minimum Gasteiger partial charge on any atom is -0.496 e. The average Bonchev–Trinajstić information content (AvgIpc) is 3.17. The standard InChI is InChI=1S/C20H17F2N5O/c1-12-17(9-23-10-24-12)15-5-3-14(27-11-25-26-20(15)27)4-6-16-18(22)7-13(21)8-19(16)28-2/h3,5,7-11H,4,6H2,1-2H3. The summed E-state index contributed by atoms with van der Waals surface area (Å²) in [5, 5.41) is 8.24. The van der Waals surface area contributed by atoms with Crippen molar-refractivity contribution < 1.29 is 13.5 Å². The molecule has 0 bridgehead atoms. The number of nitrogens with zero attached hydrogens (tertiary/aromatic N) is 5. The second kappa shape index (κ2) is 7.30. The molecule has 8 heteroatoms. The van der Waals surface area contributed by atoms with E-state index in [0.29, 0.717) is 24.1 Å². The van der Waals surface area contributed by atoms with Crippen molar-refractivity contribution in [2.45, 2.75) is 19.8 Å². The summed E-state index contributed by atoms with van der Waals surface area (Å²) < 4.78 is 34.6. The second-order valence-corrected chi connectivity index (χ2v) is 6.35. The Labute approximate surface area is 159 Å². The molecule has 6 nitrogen and oxygen atoms in total. The van der Waals surface area contributed by atoms with Crippen LogP contribution >= 0.6 is 0 Å². The molecular weight excluding hydrogens is 364 g/mol. The number of hydrogen-bond acceptors (Lipinski definition) is 5. The van der Waals surface area contributed by atoms with Crippen LogP contribution < -0.4 is 4.74 Å². The van der Waals surface area contributed by atoms with Crippen LogP contribution in [0.5, 0.6) is 5.75 Å². The first-order valence-electron chi connectivity index (χ1n) is 8.69. The van der Waals surface area contributed by atoms with Crippen LogP contribution in [-0.2, 0) is 12.8 Å². The molecule has 0 aliphatic rings. The third-order valence-corrected chi connectivity index (χ3v) is 4.71. The van der Waals surface area contributed by atoms with Crippen molar-refractivity contribution in [2.75, 3.05) is 7.11 Å². The number of ether oxygens (including phenoxy) is 1. The summed E-state index contributed by atoms with van der Waals surface area (Å²) in [6.45, 7) is 1.90. The number of pyridine rings is 1. The summed E-state index contributed by atoms with van der Waals surface area (Å²) in [4.78, 5) is 8.32. The molecular formula is C20H17F2N5O. The van der Waals surface area contributed by atoms with Gasteiger partial charge >= 0.3 is 0 Å². The van der Waals surface area contributed by atoms with Crippen molar-refractivity contribution in [2.24, 2.45) is 0 Å². The lowest BCUT2D eigenvalue weighted by Crippen LogP contribution is -2.04. The Kier molecular flexibility index (Phi) is 4.68. The van der Waals surface area contributed by atoms with Gasteiger partial charge in [-0.1, -0.05) is 0 Å². The van der Waals surface area contributed by atoms with E-state index in [1.165, 1.54) is 19.5 Å². The molecule has 0 saturated carbocycles. The predicted octanol–water partition coefficient (Wildman–Crippen LogP) is 3.57. The molecule has 0 unspecified atom stereocenters. The molecule has 3 aromatic heterocycles. The number of halogens is 2. The number of hydrogen-bond donors (Lipinski definition) is 0. The van der Waals surface area contributed by atoms with Crippen molar-refractivity contribution in [1.82, 2.24) is 24.6 Å². The van der Waals surface area contributed by atoms with Crippen LogP contribution in [0.4, 0.5) is 8.78 Å². The minimum absolute atomic E-state index is 0.200. The average molecular weight is 381 g/mol. The molecule has 1 aromatic carbocycles. The molecule has 4 rings (SSSR count). The highest BCUT2D eigenvalue weighted by Gasteiger charge is 2.15. The Hall–Kier alpha value is -3.42. The van der Waals surface area contributed by atoms with E-state index in [2.05, 4.69) is 20.2 Å². The summed E-state index contributed by atoms with van der Waals surface area (Å²) in [6.07, 6.45) is 5.70. The molecule has 0 aliphatic carbocycles. The van der Waals surface area contributed by atoms with Gasteiger partial charge in [0.15, 0.2) is 5.65 Å². The fourth-order valence-electron chi connectivity index (χ4n) is 3.29. The summed E-state index contributed by atoms with van der Waals surface area (Å²) in [5.74, 6) is -1.08. The smallest absolute Gasteiger partial charge is 0.168 e. The maximum atomic E-state index is 14.2. The van der Waals surface area contributed by atoms with Crippen LogP contribution in [0.1, 0.15) is 17.0 Å². The molecule has 0 atom stereocenters. The van der Waals surface area contributed by atoms with E-state index in [0.717, 1.165) is 28.6 Å². The van der Waals surface area contributed by atoms with Gasteiger partial charge in [-0.2, -0.15) is 0 Å². The van der Waals surface area contributed by atoms with Crippen molar-refractivity contribution in [3.8, 4) is 16.9 Å². The van der Waals surface area contributed by atoms with Gasteiger partial charge in [-0.15, -0.1) is 10.2 Å². The van der Waals surface area contributed by atoms with Crippen LogP contribution in [0, 0.1) is 18.6 Å². The van der Waals surface area contributed by atoms with Crippen LogP contribution in [0.3, 0.4) is 0 Å². The highest BCUT2D eigenvalue weighted by Crippen LogP contribution is 2.28. The van der Waals surface area contributed by atoms with E-state index < -0.39 is 11.6 Å². The topological polar surface area (TPSA) is 65.2 Å². The third-order valence-electron chi connectivity index (χ3n) is 4.71. The van der Waals surface area contributed by atoms with E-state index in [9.17, 15) is 8.78 Å². The molecule has 0 amide bonds. The summed E-state index contributed by atoms with van der Waals surface area (Å²) in [7, 11) is 1.40. The zero-order valence-corrected chi connectivity index (χ0v) is 15.4. The molecule has 0 N–H and O–H groups in total. The molecule has 0 fully saturated rings. The lowest BCUT2D eigenvalue weighted by atomic mass is 10.0. The van der Waals surface area contributed by atoms with Crippen LogP contribution in [-0.4, -0.2) is 31.7 Å². The molecule has 28 heavy (non-hydrogen) atoms. The van der Waals surface area contributed by atoms with Gasteiger partial charge in [-0.3, -0.25) is 4.40 Å². The molecule has 142 valence electrons. The fourth-order valence-corrected chi connectivity index (χ4v) is 3.29. The van der Waals surface area contributed by atoms with Gasteiger partial charge in [0, 0.05) is 46.4 Å². The first kappa shape index (κ1) is 18.0. The van der Waals surface area contributed by atoms with Gasteiger partial charge in [0.25, 0.3) is 0 Å². The van der Waals surface area contributed by atoms with E-state index in [-0.39, 0.29) is 5.75 Å². The first-order chi connectivity index (χ1) is 13.6. The normalized spacial score (nSPS) is 11.1. The highest BCUT2D eigenvalue weighted by molar-refractivity contribution is 5.78. The van der Waals surface area contributed by atoms with Crippen molar-refractivity contribution in [3.05, 3.63) is 71.7 Å². The number of methoxy groups -OCH3 is 1. The Morgan fingerprint density at radius 1 is 1.11 bits per heavy atom. The molecule has 0 aliphatic heterocycles. The van der Waals surface area contributed by atoms with E-state index in [1.807, 2.05) is 23.5 Å². The molecule has 3 heterocycles. The predicted molar refractivity (Wildman–Crippen MR) is 99.1 cm³/mol. The fraction of sp³-hybridized carbons (Fsp3) is 0.200. The molecule has 4 aromatic rings. The number of fused-ring (bicyclic) bond motifs is 1. The highest BCUT2D eigenvalue weighted by atomic mass is 19.1. The third kappa shape index (κ3) is 3.17. The Balaban J connectivity index is 1.70. The zero-order valence-electron chi connectivity index (χ0n) is 15.4. The van der Waals surface area contributed by atoms with Gasteiger partial charge in [0.05, 0.1) is 7.11 Å². The van der Waals surface area contributed by atoms with Crippen LogP contribution in [0.25, 0.3) is 16.8 Å². The van der Waals surface area contributed by atoms with Crippen LogP contribution in [0.15, 0.2) is 43.1 Å². The minimum atomic E-state index is -0.663. The lowest BCUT2D eigenvalue weighted by Gasteiger charge is -2.12.